The van der Waals surface area contributed by atoms with Gasteiger partial charge in [-0.2, -0.15) is 0 Å². The van der Waals surface area contributed by atoms with Crippen molar-refractivity contribution < 1.29 is 14.4 Å². The zero-order valence-electron chi connectivity index (χ0n) is 10.4. The first kappa shape index (κ1) is 12.0. The number of nitrogens with zero attached hydrogens (tertiary/aromatic N) is 1. The normalized spacial score (nSPS) is 22.0. The van der Waals surface area contributed by atoms with Crippen LogP contribution in [0.5, 0.6) is 0 Å². The second-order valence-electron chi connectivity index (χ2n) is 4.99. The van der Waals surface area contributed by atoms with E-state index < -0.39 is 0 Å². The second kappa shape index (κ2) is 4.53. The van der Waals surface area contributed by atoms with Crippen molar-refractivity contribution in [2.24, 2.45) is 5.92 Å². The largest absolute Gasteiger partial charge is 0.380 e. The van der Waals surface area contributed by atoms with Crippen LogP contribution in [0.2, 0.25) is 0 Å². The molecular formula is C13H13BN2O3. The van der Waals surface area contributed by atoms with Gasteiger partial charge in [0.05, 0.1) is 5.92 Å². The van der Waals surface area contributed by atoms with Crippen LogP contribution in [0, 0.1) is 5.92 Å². The Kier molecular flexibility index (Phi) is 2.85. The summed E-state index contributed by atoms with van der Waals surface area (Å²) in [6, 6.07) is 7.48. The van der Waals surface area contributed by atoms with Gasteiger partial charge in [-0.05, 0) is 17.9 Å². The molecule has 3 rings (SSSR count). The zero-order valence-corrected chi connectivity index (χ0v) is 10.4. The summed E-state index contributed by atoms with van der Waals surface area (Å²) in [6.07, 6.45) is 0.871. The summed E-state index contributed by atoms with van der Waals surface area (Å²) in [7, 11) is 0.548. The number of nitrogens with one attached hydrogen (secondary N) is 1. The maximum absolute atomic E-state index is 12.2. The molecule has 0 aliphatic carbocycles. The molecule has 5 nitrogen and oxygen atoms in total. The van der Waals surface area contributed by atoms with Gasteiger partial charge in [-0.15, -0.1) is 0 Å². The van der Waals surface area contributed by atoms with Crippen LogP contribution in [0.1, 0.15) is 23.2 Å². The molecular weight excluding hydrogens is 243 g/mol. The topological polar surface area (TPSA) is 66.5 Å². The number of carbonyl (C=O) groups excluding carboxylic acids is 3. The van der Waals surface area contributed by atoms with Gasteiger partial charge in [0, 0.05) is 18.5 Å². The summed E-state index contributed by atoms with van der Waals surface area (Å²) >= 11 is 0. The van der Waals surface area contributed by atoms with Gasteiger partial charge in [0.15, 0.2) is 0 Å². The zero-order chi connectivity index (χ0) is 13.4. The van der Waals surface area contributed by atoms with Gasteiger partial charge >= 0.3 is 0 Å². The average Bonchev–Trinajstić information content (AvgIpc) is 2.70. The Morgan fingerprint density at radius 1 is 1.26 bits per heavy atom. The number of piperidine rings is 1. The number of amides is 3. The van der Waals surface area contributed by atoms with Crippen LogP contribution in [0.15, 0.2) is 24.3 Å². The van der Waals surface area contributed by atoms with Crippen LogP contribution in [-0.4, -0.2) is 36.5 Å². The highest BCUT2D eigenvalue weighted by molar-refractivity contribution is 6.60. The molecule has 1 N–H and O–H groups in total. The third-order valence-electron chi connectivity index (χ3n) is 3.69. The Morgan fingerprint density at radius 2 is 2.05 bits per heavy atom. The van der Waals surface area contributed by atoms with Crippen LogP contribution in [0.4, 0.5) is 0 Å². The smallest absolute Gasteiger partial charge is 0.274 e. The van der Waals surface area contributed by atoms with Gasteiger partial charge in [0.2, 0.25) is 17.7 Å². The standard InChI is InChI=1S/C13H13BN2O3/c17-11-6-5-8(12(18)15-11)7-16-13(19)9-3-1-2-4-10(9)14-16/h1-4,8,14H,5-7H2,(H,15,17,18). The lowest BCUT2D eigenvalue weighted by Crippen LogP contribution is -2.46. The number of rotatable bonds is 2. The quantitative estimate of drug-likeness (QED) is 0.555. The van der Waals surface area contributed by atoms with Crippen LogP contribution in [0.25, 0.3) is 0 Å². The molecule has 1 saturated heterocycles. The van der Waals surface area contributed by atoms with Crippen LogP contribution < -0.4 is 10.8 Å². The molecule has 0 aromatic heterocycles. The van der Waals surface area contributed by atoms with Crippen LogP contribution >= 0.6 is 0 Å². The average molecular weight is 256 g/mol. The van der Waals surface area contributed by atoms with Gasteiger partial charge in [0.1, 0.15) is 0 Å². The van der Waals surface area contributed by atoms with Crippen molar-refractivity contribution in [2.75, 3.05) is 6.54 Å². The molecule has 2 aliphatic heterocycles. The maximum atomic E-state index is 12.2. The van der Waals surface area contributed by atoms with Gasteiger partial charge in [-0.25, -0.2) is 0 Å². The fraction of sp³-hybridized carbons (Fsp3) is 0.308. The minimum atomic E-state index is -0.282. The molecule has 6 heteroatoms. The van der Waals surface area contributed by atoms with Crippen molar-refractivity contribution in [1.82, 2.24) is 10.1 Å². The van der Waals surface area contributed by atoms with Crippen LogP contribution in [0.3, 0.4) is 0 Å². The van der Waals surface area contributed by atoms with Crippen molar-refractivity contribution in [3.63, 3.8) is 0 Å². The van der Waals surface area contributed by atoms with Gasteiger partial charge < -0.3 is 4.81 Å². The minimum absolute atomic E-state index is 0.0275. The van der Waals surface area contributed by atoms with E-state index >= 15 is 0 Å². The number of imide groups is 1. The van der Waals surface area contributed by atoms with Crippen LogP contribution in [-0.2, 0) is 9.59 Å². The molecule has 1 fully saturated rings. The summed E-state index contributed by atoms with van der Waals surface area (Å²) in [6.45, 7) is 0.382. The van der Waals surface area contributed by atoms with E-state index in [0.717, 1.165) is 11.0 Å². The summed E-state index contributed by atoms with van der Waals surface area (Å²) < 4.78 is 0. The summed E-state index contributed by atoms with van der Waals surface area (Å²) in [4.78, 5) is 36.6. The Hall–Kier alpha value is -2.11. The molecule has 96 valence electrons. The van der Waals surface area contributed by atoms with E-state index in [2.05, 4.69) is 5.32 Å². The molecule has 1 atom stereocenters. The highest BCUT2D eigenvalue weighted by Gasteiger charge is 2.34. The fourth-order valence-corrected chi connectivity index (χ4v) is 2.64. The lowest BCUT2D eigenvalue weighted by Gasteiger charge is -2.25. The maximum Gasteiger partial charge on any atom is 0.274 e. The first-order chi connectivity index (χ1) is 9.15. The molecule has 1 unspecified atom stereocenters. The van der Waals surface area contributed by atoms with E-state index in [4.69, 9.17) is 0 Å². The molecule has 0 bridgehead atoms. The molecule has 0 saturated carbocycles. The summed E-state index contributed by atoms with van der Waals surface area (Å²) in [5, 5.41) is 2.32. The number of hydrogen-bond donors (Lipinski definition) is 1. The molecule has 1 aromatic carbocycles. The molecule has 19 heavy (non-hydrogen) atoms. The van der Waals surface area contributed by atoms with E-state index in [1.807, 2.05) is 24.3 Å². The molecule has 0 spiro atoms. The van der Waals surface area contributed by atoms with Crippen molar-refractivity contribution in [3.8, 4) is 0 Å². The summed E-state index contributed by atoms with van der Waals surface area (Å²) in [5.74, 6) is -0.798. The third-order valence-corrected chi connectivity index (χ3v) is 3.69. The Morgan fingerprint density at radius 3 is 2.79 bits per heavy atom. The van der Waals surface area contributed by atoms with Crippen molar-refractivity contribution in [3.05, 3.63) is 29.8 Å². The van der Waals surface area contributed by atoms with Gasteiger partial charge in [-0.3, -0.25) is 19.7 Å². The lowest BCUT2D eigenvalue weighted by molar-refractivity contribution is -0.136. The molecule has 1 aromatic rings. The third kappa shape index (κ3) is 2.14. The monoisotopic (exact) mass is 256 g/mol. The Bertz CT molecular complexity index is 573. The number of fused-ring (bicyclic) bond motifs is 1. The van der Waals surface area contributed by atoms with E-state index in [1.165, 1.54) is 0 Å². The molecule has 2 aliphatic rings. The van der Waals surface area contributed by atoms with Crippen molar-refractivity contribution >= 4 is 30.6 Å². The highest BCUT2D eigenvalue weighted by Crippen LogP contribution is 2.17. The number of carbonyl (C=O) groups is 3. The summed E-state index contributed by atoms with van der Waals surface area (Å²) in [5.41, 5.74) is 1.72. The van der Waals surface area contributed by atoms with Crippen molar-refractivity contribution in [1.29, 1.82) is 0 Å². The van der Waals surface area contributed by atoms with Gasteiger partial charge in [-0.1, -0.05) is 18.2 Å². The van der Waals surface area contributed by atoms with E-state index in [1.54, 1.807) is 4.81 Å². The SMILES string of the molecule is O=C1CCC(CN2Bc3ccccc3C2=O)C(=O)N1. The predicted octanol–water partition coefficient (Wildman–Crippen LogP) is -0.828. The molecule has 2 heterocycles. The van der Waals surface area contributed by atoms with Gasteiger partial charge in [0.25, 0.3) is 7.41 Å². The highest BCUT2D eigenvalue weighted by atomic mass is 16.2. The molecule has 3 amide bonds. The lowest BCUT2D eigenvalue weighted by atomic mass is 9.82. The Labute approximate surface area is 111 Å². The number of benzene rings is 1. The second-order valence-corrected chi connectivity index (χ2v) is 4.99. The fourth-order valence-electron chi connectivity index (χ4n) is 2.64. The number of hydrogen-bond acceptors (Lipinski definition) is 3. The first-order valence-electron chi connectivity index (χ1n) is 6.36. The minimum Gasteiger partial charge on any atom is -0.380 e. The predicted molar refractivity (Wildman–Crippen MR) is 70.1 cm³/mol. The Balaban J connectivity index is 1.71. The van der Waals surface area contributed by atoms with E-state index in [9.17, 15) is 14.4 Å². The van der Waals surface area contributed by atoms with E-state index in [0.29, 0.717) is 26.8 Å². The van der Waals surface area contributed by atoms with Crippen molar-refractivity contribution in [2.45, 2.75) is 12.8 Å². The first-order valence-corrected chi connectivity index (χ1v) is 6.36. The van der Waals surface area contributed by atoms with E-state index in [-0.39, 0.29) is 23.6 Å². The molecule has 0 radical (unpaired) electrons.